The summed E-state index contributed by atoms with van der Waals surface area (Å²) >= 11 is 12.0. The van der Waals surface area contributed by atoms with Crippen LogP contribution in [-0.4, -0.2) is 18.5 Å². The third-order valence-corrected chi connectivity index (χ3v) is 3.98. The lowest BCUT2D eigenvalue weighted by molar-refractivity contribution is -0.124. The molecule has 2 atom stereocenters. The predicted octanol–water partition coefficient (Wildman–Crippen LogP) is 3.31. The van der Waals surface area contributed by atoms with Gasteiger partial charge in [-0.15, -0.1) is 0 Å². The number of halogens is 2. The predicted molar refractivity (Wildman–Crippen MR) is 78.7 cm³/mol. The minimum absolute atomic E-state index is 0.0400. The number of hydrogen-bond acceptors (Lipinski definition) is 2. The van der Waals surface area contributed by atoms with E-state index in [-0.39, 0.29) is 18.0 Å². The van der Waals surface area contributed by atoms with E-state index in [4.69, 9.17) is 23.2 Å². The average molecular weight is 301 g/mol. The number of carbonyl (C=O) groups is 1. The highest BCUT2D eigenvalue weighted by Crippen LogP contribution is 2.26. The smallest absolute Gasteiger partial charge is 0.237 e. The van der Waals surface area contributed by atoms with Gasteiger partial charge >= 0.3 is 0 Å². The van der Waals surface area contributed by atoms with Crippen LogP contribution >= 0.6 is 23.2 Å². The summed E-state index contributed by atoms with van der Waals surface area (Å²) in [7, 11) is 0. The van der Waals surface area contributed by atoms with Crippen LogP contribution in [0.25, 0.3) is 0 Å². The fourth-order valence-corrected chi connectivity index (χ4v) is 2.89. The second-order valence-electron chi connectivity index (χ2n) is 4.90. The molecule has 1 fully saturated rings. The first-order valence-electron chi connectivity index (χ1n) is 6.56. The molecule has 104 valence electrons. The molecule has 1 aliphatic rings. The maximum absolute atomic E-state index is 12.1. The van der Waals surface area contributed by atoms with Gasteiger partial charge in [-0.1, -0.05) is 35.7 Å². The molecule has 1 aromatic rings. The van der Waals surface area contributed by atoms with Gasteiger partial charge < -0.3 is 10.6 Å². The number of rotatable bonds is 3. The number of nitrogens with one attached hydrogen (secondary N) is 2. The van der Waals surface area contributed by atoms with Crippen molar-refractivity contribution in [1.82, 2.24) is 10.6 Å². The summed E-state index contributed by atoms with van der Waals surface area (Å²) in [5, 5.41) is 7.41. The van der Waals surface area contributed by atoms with E-state index in [9.17, 15) is 4.79 Å². The molecule has 0 saturated carbocycles. The molecule has 1 unspecified atom stereocenters. The number of hydrogen-bond donors (Lipinski definition) is 2. The second-order valence-corrected chi connectivity index (χ2v) is 5.74. The van der Waals surface area contributed by atoms with Crippen molar-refractivity contribution < 1.29 is 4.79 Å². The minimum Gasteiger partial charge on any atom is -0.348 e. The maximum Gasteiger partial charge on any atom is 0.237 e. The van der Waals surface area contributed by atoms with Crippen molar-refractivity contribution in [3.8, 4) is 0 Å². The molecule has 1 aromatic carbocycles. The summed E-state index contributed by atoms with van der Waals surface area (Å²) in [4.78, 5) is 12.1. The number of benzene rings is 1. The Labute approximate surface area is 123 Å². The van der Waals surface area contributed by atoms with Crippen molar-refractivity contribution in [2.45, 2.75) is 38.3 Å². The fraction of sp³-hybridized carbons (Fsp3) is 0.500. The van der Waals surface area contributed by atoms with Crippen molar-refractivity contribution in [2.24, 2.45) is 0 Å². The molecule has 1 heterocycles. The molecule has 5 heteroatoms. The SMILES string of the molecule is CC(NC(=O)[C@H]1CCCCN1)c1ccc(Cl)cc1Cl. The van der Waals surface area contributed by atoms with Gasteiger partial charge in [0.2, 0.25) is 5.91 Å². The Morgan fingerprint density at radius 2 is 2.21 bits per heavy atom. The van der Waals surface area contributed by atoms with E-state index in [0.29, 0.717) is 10.0 Å². The summed E-state index contributed by atoms with van der Waals surface area (Å²) in [5.74, 6) is 0.0400. The van der Waals surface area contributed by atoms with Crippen LogP contribution in [0.4, 0.5) is 0 Å². The first-order chi connectivity index (χ1) is 9.08. The van der Waals surface area contributed by atoms with Gasteiger partial charge in [0.05, 0.1) is 12.1 Å². The second kappa shape index (κ2) is 6.60. The lowest BCUT2D eigenvalue weighted by Crippen LogP contribution is -2.47. The molecular formula is C14H18Cl2N2O. The average Bonchev–Trinajstić information content (AvgIpc) is 2.39. The molecule has 0 radical (unpaired) electrons. The van der Waals surface area contributed by atoms with E-state index < -0.39 is 0 Å². The van der Waals surface area contributed by atoms with Gasteiger partial charge in [0, 0.05) is 10.0 Å². The Hall–Kier alpha value is -0.770. The molecule has 1 aliphatic heterocycles. The Balaban J connectivity index is 1.99. The molecule has 0 bridgehead atoms. The molecule has 0 aliphatic carbocycles. The van der Waals surface area contributed by atoms with E-state index in [2.05, 4.69) is 10.6 Å². The van der Waals surface area contributed by atoms with E-state index in [1.54, 1.807) is 12.1 Å². The Bertz CT molecular complexity index is 459. The lowest BCUT2D eigenvalue weighted by Gasteiger charge is -2.25. The fourth-order valence-electron chi connectivity index (χ4n) is 2.32. The zero-order valence-electron chi connectivity index (χ0n) is 10.9. The van der Waals surface area contributed by atoms with E-state index in [1.165, 1.54) is 0 Å². The van der Waals surface area contributed by atoms with Crippen LogP contribution < -0.4 is 10.6 Å². The maximum atomic E-state index is 12.1. The van der Waals surface area contributed by atoms with Gasteiger partial charge in [-0.3, -0.25) is 4.79 Å². The van der Waals surface area contributed by atoms with Crippen LogP contribution in [0.3, 0.4) is 0 Å². The van der Waals surface area contributed by atoms with Gasteiger partial charge in [0.25, 0.3) is 0 Å². The highest BCUT2D eigenvalue weighted by Gasteiger charge is 2.22. The highest BCUT2D eigenvalue weighted by atomic mass is 35.5. The number of amides is 1. The Morgan fingerprint density at radius 3 is 2.84 bits per heavy atom. The lowest BCUT2D eigenvalue weighted by atomic mass is 10.0. The largest absolute Gasteiger partial charge is 0.348 e. The van der Waals surface area contributed by atoms with Crippen LogP contribution in [0.15, 0.2) is 18.2 Å². The molecule has 0 spiro atoms. The van der Waals surface area contributed by atoms with Crippen molar-refractivity contribution in [2.75, 3.05) is 6.54 Å². The van der Waals surface area contributed by atoms with Gasteiger partial charge in [-0.2, -0.15) is 0 Å². The van der Waals surface area contributed by atoms with E-state index >= 15 is 0 Å². The van der Waals surface area contributed by atoms with Crippen LogP contribution in [0.1, 0.15) is 37.8 Å². The topological polar surface area (TPSA) is 41.1 Å². The van der Waals surface area contributed by atoms with Crippen LogP contribution in [0.2, 0.25) is 10.0 Å². The molecular weight excluding hydrogens is 283 g/mol. The van der Waals surface area contributed by atoms with Crippen molar-refractivity contribution >= 4 is 29.1 Å². The van der Waals surface area contributed by atoms with Crippen LogP contribution in [-0.2, 0) is 4.79 Å². The van der Waals surface area contributed by atoms with Gasteiger partial charge in [-0.05, 0) is 44.0 Å². The third kappa shape index (κ3) is 3.85. The Morgan fingerprint density at radius 1 is 1.42 bits per heavy atom. The van der Waals surface area contributed by atoms with Crippen LogP contribution in [0, 0.1) is 0 Å². The molecule has 2 rings (SSSR count). The van der Waals surface area contributed by atoms with Crippen molar-refractivity contribution in [1.29, 1.82) is 0 Å². The molecule has 0 aromatic heterocycles. The summed E-state index contributed by atoms with van der Waals surface area (Å²) in [5.41, 5.74) is 0.884. The highest BCUT2D eigenvalue weighted by molar-refractivity contribution is 6.35. The zero-order chi connectivity index (χ0) is 13.8. The standard InChI is InChI=1S/C14H18Cl2N2O/c1-9(11-6-5-10(15)8-12(11)16)18-14(19)13-4-2-3-7-17-13/h5-6,8-9,13,17H,2-4,7H2,1H3,(H,18,19)/t9?,13-/m1/s1. The molecule has 1 saturated heterocycles. The monoisotopic (exact) mass is 300 g/mol. The summed E-state index contributed by atoms with van der Waals surface area (Å²) < 4.78 is 0. The van der Waals surface area contributed by atoms with Crippen LogP contribution in [0.5, 0.6) is 0 Å². The molecule has 1 amide bonds. The molecule has 19 heavy (non-hydrogen) atoms. The first-order valence-corrected chi connectivity index (χ1v) is 7.32. The van der Waals surface area contributed by atoms with Crippen molar-refractivity contribution in [3.05, 3.63) is 33.8 Å². The number of piperidine rings is 1. The number of carbonyl (C=O) groups excluding carboxylic acids is 1. The van der Waals surface area contributed by atoms with Gasteiger partial charge in [0.1, 0.15) is 0 Å². The Kier molecular flexibility index (Phi) is 5.08. The minimum atomic E-state index is -0.124. The van der Waals surface area contributed by atoms with E-state index in [1.807, 2.05) is 13.0 Å². The zero-order valence-corrected chi connectivity index (χ0v) is 12.4. The summed E-state index contributed by atoms with van der Waals surface area (Å²) in [6.45, 7) is 2.84. The summed E-state index contributed by atoms with van der Waals surface area (Å²) in [6, 6.07) is 5.12. The quantitative estimate of drug-likeness (QED) is 0.899. The first kappa shape index (κ1) is 14.6. The van der Waals surface area contributed by atoms with E-state index in [0.717, 1.165) is 31.4 Å². The molecule has 2 N–H and O–H groups in total. The summed E-state index contributed by atoms with van der Waals surface area (Å²) in [6.07, 6.45) is 3.14. The molecule has 3 nitrogen and oxygen atoms in total. The van der Waals surface area contributed by atoms with Crippen molar-refractivity contribution in [3.63, 3.8) is 0 Å². The van der Waals surface area contributed by atoms with Gasteiger partial charge in [-0.25, -0.2) is 0 Å². The normalized spacial score (nSPS) is 20.9. The third-order valence-electron chi connectivity index (χ3n) is 3.41. The van der Waals surface area contributed by atoms with Gasteiger partial charge in [0.15, 0.2) is 0 Å².